The van der Waals surface area contributed by atoms with E-state index in [9.17, 15) is 13.6 Å². The van der Waals surface area contributed by atoms with Gasteiger partial charge in [0.05, 0.1) is 0 Å². The van der Waals surface area contributed by atoms with Crippen LogP contribution in [0.2, 0.25) is 0 Å². The fraction of sp³-hybridized carbons (Fsp3) is 0.562. The molecule has 0 saturated carbocycles. The van der Waals surface area contributed by atoms with Gasteiger partial charge in [-0.2, -0.15) is 8.78 Å². The van der Waals surface area contributed by atoms with Crippen LogP contribution in [-0.4, -0.2) is 31.7 Å². The number of ether oxygens (including phenoxy) is 1. The Kier molecular flexibility index (Phi) is 5.34. The maximum atomic E-state index is 12.4. The van der Waals surface area contributed by atoms with E-state index in [-0.39, 0.29) is 17.7 Å². The molecular weight excluding hydrogens is 290 g/mol. The van der Waals surface area contributed by atoms with Crippen LogP contribution in [-0.2, 0) is 0 Å². The number of hydrogen-bond acceptors (Lipinski definition) is 3. The zero-order valence-corrected chi connectivity index (χ0v) is 13.1. The molecule has 1 saturated heterocycles. The molecule has 2 N–H and O–H groups in total. The van der Waals surface area contributed by atoms with Crippen LogP contribution in [0.3, 0.4) is 0 Å². The van der Waals surface area contributed by atoms with E-state index in [0.717, 1.165) is 19.5 Å². The summed E-state index contributed by atoms with van der Waals surface area (Å²) in [5.74, 6) is 0.364. The summed E-state index contributed by atoms with van der Waals surface area (Å²) in [7, 11) is 0. The number of halogens is 2. The van der Waals surface area contributed by atoms with Crippen LogP contribution >= 0.6 is 0 Å². The van der Waals surface area contributed by atoms with Crippen molar-refractivity contribution < 1.29 is 18.3 Å². The van der Waals surface area contributed by atoms with Gasteiger partial charge in [0.15, 0.2) is 0 Å². The summed E-state index contributed by atoms with van der Waals surface area (Å²) in [6.45, 7) is 4.27. The lowest BCUT2D eigenvalue weighted by Gasteiger charge is -2.30. The molecule has 0 bridgehead atoms. The van der Waals surface area contributed by atoms with Crippen LogP contribution < -0.4 is 15.4 Å². The standard InChI is InChI=1S/C16H22F2N2O2/c1-9-4-5-19-8-13(9)20-15(21)12-6-10(2)14(11(3)7-12)22-16(17)18/h6-7,9,13,16,19H,4-5,8H2,1-3H3,(H,20,21). The van der Waals surface area contributed by atoms with E-state index >= 15 is 0 Å². The monoisotopic (exact) mass is 312 g/mol. The predicted octanol–water partition coefficient (Wildman–Crippen LogP) is 2.63. The second kappa shape index (κ2) is 7.05. The number of amides is 1. The van der Waals surface area contributed by atoms with Gasteiger partial charge in [-0.1, -0.05) is 6.92 Å². The Morgan fingerprint density at radius 1 is 1.36 bits per heavy atom. The van der Waals surface area contributed by atoms with E-state index in [0.29, 0.717) is 22.6 Å². The number of carbonyl (C=O) groups is 1. The molecule has 2 atom stereocenters. The summed E-state index contributed by atoms with van der Waals surface area (Å²) in [4.78, 5) is 12.4. The van der Waals surface area contributed by atoms with Crippen molar-refractivity contribution >= 4 is 5.91 Å². The number of carbonyl (C=O) groups excluding carboxylic acids is 1. The summed E-state index contributed by atoms with van der Waals surface area (Å²) in [5.41, 5.74) is 1.52. The summed E-state index contributed by atoms with van der Waals surface area (Å²) >= 11 is 0. The van der Waals surface area contributed by atoms with Crippen molar-refractivity contribution in [1.82, 2.24) is 10.6 Å². The molecule has 0 aromatic heterocycles. The molecule has 122 valence electrons. The van der Waals surface area contributed by atoms with Crippen LogP contribution in [0.25, 0.3) is 0 Å². The van der Waals surface area contributed by atoms with Gasteiger partial charge in [-0.3, -0.25) is 4.79 Å². The number of piperidine rings is 1. The van der Waals surface area contributed by atoms with Crippen LogP contribution in [0.4, 0.5) is 8.78 Å². The van der Waals surface area contributed by atoms with Crippen LogP contribution in [0.1, 0.15) is 34.8 Å². The molecule has 22 heavy (non-hydrogen) atoms. The summed E-state index contributed by atoms with van der Waals surface area (Å²) < 4.78 is 29.3. The highest BCUT2D eigenvalue weighted by Gasteiger charge is 2.23. The Morgan fingerprint density at radius 3 is 2.55 bits per heavy atom. The molecule has 1 heterocycles. The molecular formula is C16H22F2N2O2. The van der Waals surface area contributed by atoms with Gasteiger partial charge in [-0.05, 0) is 56.0 Å². The third-order valence-electron chi connectivity index (χ3n) is 4.07. The van der Waals surface area contributed by atoms with E-state index < -0.39 is 6.61 Å². The van der Waals surface area contributed by atoms with Gasteiger partial charge in [0.25, 0.3) is 5.91 Å². The Balaban J connectivity index is 2.13. The van der Waals surface area contributed by atoms with Crippen molar-refractivity contribution in [3.8, 4) is 5.75 Å². The first-order valence-electron chi connectivity index (χ1n) is 7.46. The summed E-state index contributed by atoms with van der Waals surface area (Å²) in [6.07, 6.45) is 1.02. The smallest absolute Gasteiger partial charge is 0.387 e. The largest absolute Gasteiger partial charge is 0.434 e. The molecule has 1 aromatic rings. The molecule has 2 unspecified atom stereocenters. The highest BCUT2D eigenvalue weighted by molar-refractivity contribution is 5.95. The average Bonchev–Trinajstić information content (AvgIpc) is 2.44. The van der Waals surface area contributed by atoms with E-state index in [1.807, 2.05) is 0 Å². The van der Waals surface area contributed by atoms with Crippen molar-refractivity contribution in [1.29, 1.82) is 0 Å². The molecule has 1 amide bonds. The first-order valence-corrected chi connectivity index (χ1v) is 7.46. The molecule has 0 aliphatic carbocycles. The van der Waals surface area contributed by atoms with Gasteiger partial charge in [0, 0.05) is 18.2 Å². The number of nitrogens with one attached hydrogen (secondary N) is 2. The molecule has 0 radical (unpaired) electrons. The van der Waals surface area contributed by atoms with Crippen molar-refractivity contribution in [2.75, 3.05) is 13.1 Å². The minimum Gasteiger partial charge on any atom is -0.434 e. The minimum absolute atomic E-state index is 0.0823. The topological polar surface area (TPSA) is 50.4 Å². The van der Waals surface area contributed by atoms with E-state index in [1.54, 1.807) is 26.0 Å². The lowest BCUT2D eigenvalue weighted by molar-refractivity contribution is -0.0507. The number of rotatable bonds is 4. The molecule has 6 heteroatoms. The third-order valence-corrected chi connectivity index (χ3v) is 4.07. The molecule has 1 aliphatic heterocycles. The van der Waals surface area contributed by atoms with Gasteiger partial charge in [0.2, 0.25) is 0 Å². The van der Waals surface area contributed by atoms with Gasteiger partial charge < -0.3 is 15.4 Å². The van der Waals surface area contributed by atoms with Crippen LogP contribution in [0, 0.1) is 19.8 Å². The molecule has 0 spiro atoms. The van der Waals surface area contributed by atoms with Crippen molar-refractivity contribution in [2.24, 2.45) is 5.92 Å². The van der Waals surface area contributed by atoms with Gasteiger partial charge >= 0.3 is 6.61 Å². The van der Waals surface area contributed by atoms with Crippen LogP contribution in [0.5, 0.6) is 5.75 Å². The summed E-state index contributed by atoms with van der Waals surface area (Å²) in [6, 6.07) is 3.25. The second-order valence-electron chi connectivity index (χ2n) is 5.87. The lowest BCUT2D eigenvalue weighted by Crippen LogP contribution is -2.50. The van der Waals surface area contributed by atoms with Crippen molar-refractivity contribution in [3.63, 3.8) is 0 Å². The number of alkyl halides is 2. The van der Waals surface area contributed by atoms with E-state index in [2.05, 4.69) is 22.3 Å². The zero-order chi connectivity index (χ0) is 16.3. The van der Waals surface area contributed by atoms with Gasteiger partial charge in [-0.25, -0.2) is 0 Å². The third kappa shape index (κ3) is 3.94. The summed E-state index contributed by atoms with van der Waals surface area (Å²) in [5, 5.41) is 6.27. The Hall–Kier alpha value is -1.69. The first kappa shape index (κ1) is 16.7. The maximum absolute atomic E-state index is 12.4. The van der Waals surface area contributed by atoms with E-state index in [4.69, 9.17) is 0 Å². The molecule has 1 aromatic carbocycles. The second-order valence-corrected chi connectivity index (χ2v) is 5.87. The fourth-order valence-corrected chi connectivity index (χ4v) is 2.79. The highest BCUT2D eigenvalue weighted by Crippen LogP contribution is 2.26. The highest BCUT2D eigenvalue weighted by atomic mass is 19.3. The van der Waals surface area contributed by atoms with Gasteiger partial charge in [0.1, 0.15) is 5.75 Å². The van der Waals surface area contributed by atoms with Crippen LogP contribution in [0.15, 0.2) is 12.1 Å². The molecule has 1 fully saturated rings. The first-order chi connectivity index (χ1) is 10.4. The minimum atomic E-state index is -2.87. The lowest BCUT2D eigenvalue weighted by atomic mass is 9.94. The van der Waals surface area contributed by atoms with Gasteiger partial charge in [-0.15, -0.1) is 0 Å². The fourth-order valence-electron chi connectivity index (χ4n) is 2.79. The molecule has 2 rings (SSSR count). The number of benzene rings is 1. The molecule has 1 aliphatic rings. The Bertz CT molecular complexity index is 526. The van der Waals surface area contributed by atoms with E-state index in [1.165, 1.54) is 0 Å². The quantitative estimate of drug-likeness (QED) is 0.898. The Morgan fingerprint density at radius 2 is 2.00 bits per heavy atom. The predicted molar refractivity (Wildman–Crippen MR) is 80.5 cm³/mol. The number of aryl methyl sites for hydroxylation is 2. The average molecular weight is 312 g/mol. The van der Waals surface area contributed by atoms with Crippen molar-refractivity contribution in [2.45, 2.75) is 39.8 Å². The maximum Gasteiger partial charge on any atom is 0.387 e. The zero-order valence-electron chi connectivity index (χ0n) is 13.1. The molecule has 4 nitrogen and oxygen atoms in total. The number of hydrogen-bond donors (Lipinski definition) is 2. The van der Waals surface area contributed by atoms with Crippen molar-refractivity contribution in [3.05, 3.63) is 28.8 Å². The normalized spacial score (nSPS) is 21.7. The SMILES string of the molecule is Cc1cc(C(=O)NC2CNCCC2C)cc(C)c1OC(F)F. The Labute approximate surface area is 129 Å².